The van der Waals surface area contributed by atoms with Gasteiger partial charge in [0.15, 0.2) is 0 Å². The quantitative estimate of drug-likeness (QED) is 0.610. The molecular weight excluding hydrogens is 394 g/mol. The molecule has 2 aromatic carbocycles. The first-order valence-corrected chi connectivity index (χ1v) is 7.58. The van der Waals surface area contributed by atoms with Crippen molar-refractivity contribution >= 4 is 31.9 Å². The van der Waals surface area contributed by atoms with Crippen molar-refractivity contribution in [3.63, 3.8) is 0 Å². The van der Waals surface area contributed by atoms with E-state index in [9.17, 15) is 8.78 Å². The first-order chi connectivity index (χ1) is 9.43. The molecule has 1 unspecified atom stereocenters. The van der Waals surface area contributed by atoms with Gasteiger partial charge in [-0.05, 0) is 46.1 Å². The van der Waals surface area contributed by atoms with Gasteiger partial charge in [-0.25, -0.2) is 8.78 Å². The van der Waals surface area contributed by atoms with Crippen LogP contribution in [0.3, 0.4) is 0 Å². The van der Waals surface area contributed by atoms with E-state index in [1.54, 1.807) is 19.1 Å². The molecule has 106 valence electrons. The first-order valence-electron chi connectivity index (χ1n) is 5.87. The highest BCUT2D eigenvalue weighted by atomic mass is 79.9. The molecule has 0 radical (unpaired) electrons. The zero-order valence-electron chi connectivity index (χ0n) is 10.9. The number of benzene rings is 2. The third kappa shape index (κ3) is 3.04. The number of rotatable bonds is 3. The zero-order chi connectivity index (χ0) is 14.9. The summed E-state index contributed by atoms with van der Waals surface area (Å²) in [5.41, 5.74) is 2.05. The van der Waals surface area contributed by atoms with Crippen LogP contribution in [0.25, 0.3) is 0 Å². The van der Waals surface area contributed by atoms with Gasteiger partial charge in [-0.15, -0.1) is 0 Å². The SMILES string of the molecule is COc1cc(F)c(Br)cc1C(Br)c1ccc(C)c(F)c1. The fourth-order valence-electron chi connectivity index (χ4n) is 1.87. The minimum absolute atomic E-state index is 0.271. The number of aryl methyl sites for hydroxylation is 1. The lowest BCUT2D eigenvalue weighted by Crippen LogP contribution is -1.99. The van der Waals surface area contributed by atoms with E-state index in [4.69, 9.17) is 4.74 Å². The fourth-order valence-corrected chi connectivity index (χ4v) is 2.87. The third-order valence-electron chi connectivity index (χ3n) is 3.03. The van der Waals surface area contributed by atoms with Gasteiger partial charge >= 0.3 is 0 Å². The molecule has 2 aromatic rings. The standard InChI is InChI=1S/C15H12Br2F2O/c1-8-3-4-9(5-12(8)18)15(17)10-6-11(16)13(19)7-14(10)20-2/h3-7,15H,1-2H3. The molecule has 0 heterocycles. The Bertz CT molecular complexity index is 644. The van der Waals surface area contributed by atoms with Gasteiger partial charge in [-0.2, -0.15) is 0 Å². The van der Waals surface area contributed by atoms with Gasteiger partial charge in [-0.1, -0.05) is 28.1 Å². The molecule has 2 rings (SSSR count). The van der Waals surface area contributed by atoms with Gasteiger partial charge in [0.1, 0.15) is 17.4 Å². The van der Waals surface area contributed by atoms with E-state index in [0.717, 1.165) is 11.1 Å². The maximum atomic E-state index is 13.7. The van der Waals surface area contributed by atoms with Crippen LogP contribution >= 0.6 is 31.9 Å². The van der Waals surface area contributed by atoms with Crippen LogP contribution < -0.4 is 4.74 Å². The smallest absolute Gasteiger partial charge is 0.141 e. The topological polar surface area (TPSA) is 9.23 Å². The molecule has 5 heteroatoms. The van der Waals surface area contributed by atoms with Crippen LogP contribution in [-0.2, 0) is 0 Å². The van der Waals surface area contributed by atoms with Crippen molar-refractivity contribution in [2.75, 3.05) is 7.11 Å². The third-order valence-corrected chi connectivity index (χ3v) is 4.66. The van der Waals surface area contributed by atoms with Crippen molar-refractivity contribution in [3.8, 4) is 5.75 Å². The van der Waals surface area contributed by atoms with Crippen LogP contribution in [0.4, 0.5) is 8.78 Å². The van der Waals surface area contributed by atoms with E-state index in [2.05, 4.69) is 31.9 Å². The maximum absolute atomic E-state index is 13.7. The van der Waals surface area contributed by atoms with Crippen LogP contribution in [-0.4, -0.2) is 7.11 Å². The summed E-state index contributed by atoms with van der Waals surface area (Å²) < 4.78 is 32.7. The fraction of sp³-hybridized carbons (Fsp3) is 0.200. The molecule has 20 heavy (non-hydrogen) atoms. The second kappa shape index (κ2) is 6.22. The lowest BCUT2D eigenvalue weighted by molar-refractivity contribution is 0.406. The summed E-state index contributed by atoms with van der Waals surface area (Å²) in [4.78, 5) is -0.288. The Balaban J connectivity index is 2.49. The molecule has 0 amide bonds. The van der Waals surface area contributed by atoms with Gasteiger partial charge in [0.2, 0.25) is 0 Å². The van der Waals surface area contributed by atoms with E-state index in [0.29, 0.717) is 15.8 Å². The van der Waals surface area contributed by atoms with Gasteiger partial charge in [0.05, 0.1) is 16.4 Å². The average Bonchev–Trinajstić information content (AvgIpc) is 2.43. The van der Waals surface area contributed by atoms with Crippen LogP contribution in [0.15, 0.2) is 34.8 Å². The predicted molar refractivity (Wildman–Crippen MR) is 82.6 cm³/mol. The predicted octanol–water partition coefficient (Wildman–Crippen LogP) is 5.53. The van der Waals surface area contributed by atoms with Gasteiger partial charge < -0.3 is 4.74 Å². The van der Waals surface area contributed by atoms with Crippen LogP contribution in [0.1, 0.15) is 21.5 Å². The van der Waals surface area contributed by atoms with Crippen molar-refractivity contribution in [2.24, 2.45) is 0 Å². The van der Waals surface area contributed by atoms with Crippen LogP contribution in [0.2, 0.25) is 0 Å². The number of hydrogen-bond donors (Lipinski definition) is 0. The Morgan fingerprint density at radius 1 is 1.10 bits per heavy atom. The highest BCUT2D eigenvalue weighted by Crippen LogP contribution is 2.39. The molecule has 0 N–H and O–H groups in total. The lowest BCUT2D eigenvalue weighted by atomic mass is 10.0. The van der Waals surface area contributed by atoms with Gasteiger partial charge in [0, 0.05) is 11.6 Å². The number of ether oxygens (including phenoxy) is 1. The Morgan fingerprint density at radius 3 is 2.40 bits per heavy atom. The van der Waals surface area contributed by atoms with E-state index >= 15 is 0 Å². The van der Waals surface area contributed by atoms with Crippen molar-refractivity contribution in [1.82, 2.24) is 0 Å². The molecular formula is C15H12Br2F2O. The number of methoxy groups -OCH3 is 1. The summed E-state index contributed by atoms with van der Waals surface area (Å²) in [6.45, 7) is 1.71. The van der Waals surface area contributed by atoms with Crippen LogP contribution in [0, 0.1) is 18.6 Å². The highest BCUT2D eigenvalue weighted by Gasteiger charge is 2.18. The molecule has 1 atom stereocenters. The molecule has 0 fully saturated rings. The molecule has 0 saturated heterocycles. The van der Waals surface area contributed by atoms with E-state index in [-0.39, 0.29) is 10.6 Å². The number of alkyl halides is 1. The normalized spacial score (nSPS) is 12.3. The number of halogens is 4. The Morgan fingerprint density at radius 2 is 1.80 bits per heavy atom. The Labute approximate surface area is 133 Å². The van der Waals surface area contributed by atoms with E-state index in [1.165, 1.54) is 19.2 Å². The summed E-state index contributed by atoms with van der Waals surface area (Å²) in [5, 5.41) is 0. The minimum Gasteiger partial charge on any atom is -0.496 e. The van der Waals surface area contributed by atoms with Crippen molar-refractivity contribution in [2.45, 2.75) is 11.8 Å². The second-order valence-electron chi connectivity index (χ2n) is 4.38. The summed E-state index contributed by atoms with van der Waals surface area (Å²) in [5.74, 6) is -0.263. The van der Waals surface area contributed by atoms with E-state index < -0.39 is 5.82 Å². The maximum Gasteiger partial charge on any atom is 0.141 e. The van der Waals surface area contributed by atoms with Crippen molar-refractivity contribution in [3.05, 3.63) is 63.1 Å². The summed E-state index contributed by atoms with van der Waals surface area (Å²) in [7, 11) is 1.47. The summed E-state index contributed by atoms with van der Waals surface area (Å²) >= 11 is 6.66. The van der Waals surface area contributed by atoms with Gasteiger partial charge in [0.25, 0.3) is 0 Å². The minimum atomic E-state index is -0.402. The molecule has 0 aliphatic heterocycles. The number of hydrogen-bond acceptors (Lipinski definition) is 1. The van der Waals surface area contributed by atoms with Gasteiger partial charge in [-0.3, -0.25) is 0 Å². The monoisotopic (exact) mass is 404 g/mol. The van der Waals surface area contributed by atoms with Crippen molar-refractivity contribution < 1.29 is 13.5 Å². The molecule has 0 aliphatic carbocycles. The molecule has 0 bridgehead atoms. The molecule has 0 spiro atoms. The average molecular weight is 406 g/mol. The van der Waals surface area contributed by atoms with Crippen molar-refractivity contribution in [1.29, 1.82) is 0 Å². The zero-order valence-corrected chi connectivity index (χ0v) is 14.1. The molecule has 0 saturated carbocycles. The second-order valence-corrected chi connectivity index (χ2v) is 6.15. The Kier molecular flexibility index (Phi) is 4.81. The molecule has 0 aromatic heterocycles. The summed E-state index contributed by atoms with van der Waals surface area (Å²) in [6.07, 6.45) is 0. The Hall–Kier alpha value is -0.940. The molecule has 0 aliphatic rings. The first kappa shape index (κ1) is 15.4. The lowest BCUT2D eigenvalue weighted by Gasteiger charge is -2.16. The van der Waals surface area contributed by atoms with E-state index in [1.807, 2.05) is 6.07 Å². The van der Waals surface area contributed by atoms with Crippen LogP contribution in [0.5, 0.6) is 5.75 Å². The largest absolute Gasteiger partial charge is 0.496 e. The highest BCUT2D eigenvalue weighted by molar-refractivity contribution is 9.10. The summed E-state index contributed by atoms with van der Waals surface area (Å²) in [6, 6.07) is 7.94. The molecule has 1 nitrogen and oxygen atoms in total.